The van der Waals surface area contributed by atoms with E-state index in [1.54, 1.807) is 28.9 Å². The first-order valence-corrected chi connectivity index (χ1v) is 10.9. The molecule has 0 bridgehead atoms. The topological polar surface area (TPSA) is 71.3 Å². The average Bonchev–Trinajstić information content (AvgIpc) is 3.22. The van der Waals surface area contributed by atoms with Crippen LogP contribution in [-0.2, 0) is 9.59 Å². The second kappa shape index (κ2) is 9.30. The molecule has 1 aromatic heterocycles. The Hall–Kier alpha value is -3.20. The number of aromatic nitrogens is 3. The molecule has 0 atom stereocenters. The van der Waals surface area contributed by atoms with Gasteiger partial charge in [-0.3, -0.25) is 14.2 Å². The van der Waals surface area contributed by atoms with Crippen LogP contribution < -0.4 is 0 Å². The zero-order valence-corrected chi connectivity index (χ0v) is 17.9. The van der Waals surface area contributed by atoms with E-state index in [1.165, 1.54) is 23.9 Å². The van der Waals surface area contributed by atoms with Crippen LogP contribution in [0.2, 0.25) is 0 Å². The average molecular weight is 440 g/mol. The molecule has 2 amide bonds. The van der Waals surface area contributed by atoms with Gasteiger partial charge >= 0.3 is 0 Å². The summed E-state index contributed by atoms with van der Waals surface area (Å²) >= 11 is 1.31. The Kier molecular flexibility index (Phi) is 6.31. The molecular formula is C22H22FN5O2S. The Morgan fingerprint density at radius 2 is 1.58 bits per heavy atom. The molecule has 0 unspecified atom stereocenters. The maximum atomic E-state index is 13.4. The predicted octanol–water partition coefficient (Wildman–Crippen LogP) is 2.86. The Morgan fingerprint density at radius 1 is 0.935 bits per heavy atom. The summed E-state index contributed by atoms with van der Waals surface area (Å²) in [4.78, 5) is 27.7. The van der Waals surface area contributed by atoms with Crippen LogP contribution in [0.3, 0.4) is 0 Å². The molecule has 1 aliphatic heterocycles. The van der Waals surface area contributed by atoms with Crippen molar-refractivity contribution in [3.8, 4) is 17.1 Å². The van der Waals surface area contributed by atoms with Crippen molar-refractivity contribution in [1.29, 1.82) is 0 Å². The molecule has 1 aliphatic rings. The number of rotatable bonds is 5. The summed E-state index contributed by atoms with van der Waals surface area (Å²) in [7, 11) is 0. The van der Waals surface area contributed by atoms with Gasteiger partial charge in [0, 0.05) is 44.4 Å². The van der Waals surface area contributed by atoms with Gasteiger partial charge in [-0.2, -0.15) is 0 Å². The molecule has 0 radical (unpaired) electrons. The number of piperazine rings is 1. The van der Waals surface area contributed by atoms with E-state index in [9.17, 15) is 14.0 Å². The molecule has 1 fully saturated rings. The fourth-order valence-electron chi connectivity index (χ4n) is 3.45. The number of halogens is 1. The van der Waals surface area contributed by atoms with Crippen LogP contribution in [0.5, 0.6) is 0 Å². The summed E-state index contributed by atoms with van der Waals surface area (Å²) in [6.07, 6.45) is 0. The lowest BCUT2D eigenvalue weighted by molar-refractivity contribution is -0.136. The van der Waals surface area contributed by atoms with Gasteiger partial charge in [0.15, 0.2) is 11.0 Å². The van der Waals surface area contributed by atoms with Gasteiger partial charge in [-0.1, -0.05) is 30.0 Å². The molecule has 0 spiro atoms. The number of hydrogen-bond donors (Lipinski definition) is 0. The van der Waals surface area contributed by atoms with Crippen molar-refractivity contribution in [3.63, 3.8) is 0 Å². The molecule has 9 heteroatoms. The van der Waals surface area contributed by atoms with Crippen molar-refractivity contribution < 1.29 is 14.0 Å². The first-order valence-electron chi connectivity index (χ1n) is 9.96. The Balaban J connectivity index is 1.53. The van der Waals surface area contributed by atoms with Crippen LogP contribution in [0.25, 0.3) is 17.1 Å². The van der Waals surface area contributed by atoms with E-state index in [4.69, 9.17) is 0 Å². The Morgan fingerprint density at radius 3 is 2.23 bits per heavy atom. The third-order valence-corrected chi connectivity index (χ3v) is 6.07. The van der Waals surface area contributed by atoms with Crippen LogP contribution in [0.4, 0.5) is 4.39 Å². The molecule has 2 heterocycles. The molecule has 31 heavy (non-hydrogen) atoms. The highest BCUT2D eigenvalue weighted by molar-refractivity contribution is 7.99. The van der Waals surface area contributed by atoms with Crippen molar-refractivity contribution in [2.45, 2.75) is 12.1 Å². The lowest BCUT2D eigenvalue weighted by Crippen LogP contribution is -2.50. The van der Waals surface area contributed by atoms with Gasteiger partial charge in [0.25, 0.3) is 0 Å². The molecule has 0 N–H and O–H groups in total. The van der Waals surface area contributed by atoms with Gasteiger partial charge in [0.1, 0.15) is 5.82 Å². The Bertz CT molecular complexity index is 1060. The molecule has 2 aromatic carbocycles. The van der Waals surface area contributed by atoms with Crippen LogP contribution >= 0.6 is 11.8 Å². The van der Waals surface area contributed by atoms with E-state index < -0.39 is 0 Å². The van der Waals surface area contributed by atoms with E-state index in [-0.39, 0.29) is 23.4 Å². The summed E-state index contributed by atoms with van der Waals surface area (Å²) < 4.78 is 15.2. The van der Waals surface area contributed by atoms with Crippen LogP contribution in [0.1, 0.15) is 6.92 Å². The largest absolute Gasteiger partial charge is 0.339 e. The minimum absolute atomic E-state index is 0.000791. The molecular weight excluding hydrogens is 417 g/mol. The number of carbonyl (C=O) groups excluding carboxylic acids is 2. The summed E-state index contributed by atoms with van der Waals surface area (Å²) in [6, 6.07) is 15.7. The van der Waals surface area contributed by atoms with Crippen LogP contribution in [0, 0.1) is 5.82 Å². The Labute approximate surface area is 183 Å². The summed E-state index contributed by atoms with van der Waals surface area (Å²) in [5.74, 6) is 0.509. The van der Waals surface area contributed by atoms with Gasteiger partial charge < -0.3 is 9.80 Å². The van der Waals surface area contributed by atoms with Crippen molar-refractivity contribution in [3.05, 3.63) is 60.4 Å². The smallest absolute Gasteiger partial charge is 0.233 e. The van der Waals surface area contributed by atoms with E-state index in [2.05, 4.69) is 10.2 Å². The second-order valence-electron chi connectivity index (χ2n) is 7.16. The number of para-hydroxylation sites is 1. The predicted molar refractivity (Wildman–Crippen MR) is 116 cm³/mol. The van der Waals surface area contributed by atoms with Crippen molar-refractivity contribution >= 4 is 23.6 Å². The third kappa shape index (κ3) is 4.77. The van der Waals surface area contributed by atoms with E-state index in [1.807, 2.05) is 34.9 Å². The van der Waals surface area contributed by atoms with Gasteiger partial charge in [0.05, 0.1) is 5.75 Å². The molecule has 4 rings (SSSR count). The highest BCUT2D eigenvalue weighted by atomic mass is 32.2. The van der Waals surface area contributed by atoms with Gasteiger partial charge in [-0.05, 0) is 36.4 Å². The number of carbonyl (C=O) groups is 2. The van der Waals surface area contributed by atoms with Gasteiger partial charge in [0.2, 0.25) is 11.8 Å². The maximum absolute atomic E-state index is 13.4. The monoisotopic (exact) mass is 439 g/mol. The number of benzene rings is 2. The van der Waals surface area contributed by atoms with Gasteiger partial charge in [-0.15, -0.1) is 10.2 Å². The number of thioether (sulfide) groups is 1. The first-order chi connectivity index (χ1) is 15.0. The first kappa shape index (κ1) is 21.0. The highest BCUT2D eigenvalue weighted by Crippen LogP contribution is 2.28. The normalized spacial score (nSPS) is 14.0. The minimum atomic E-state index is -0.320. The molecule has 0 saturated carbocycles. The minimum Gasteiger partial charge on any atom is -0.339 e. The summed E-state index contributed by atoms with van der Waals surface area (Å²) in [5, 5.41) is 9.20. The van der Waals surface area contributed by atoms with E-state index in [0.717, 1.165) is 11.3 Å². The van der Waals surface area contributed by atoms with Crippen LogP contribution in [0.15, 0.2) is 59.8 Å². The highest BCUT2D eigenvalue weighted by Gasteiger charge is 2.23. The summed E-state index contributed by atoms with van der Waals surface area (Å²) in [5.41, 5.74) is 1.59. The summed E-state index contributed by atoms with van der Waals surface area (Å²) in [6.45, 7) is 3.72. The number of amides is 2. The zero-order valence-electron chi connectivity index (χ0n) is 17.1. The fourth-order valence-corrected chi connectivity index (χ4v) is 4.30. The van der Waals surface area contributed by atoms with Crippen molar-refractivity contribution in [2.75, 3.05) is 31.9 Å². The molecule has 3 aromatic rings. The molecule has 160 valence electrons. The third-order valence-electron chi connectivity index (χ3n) is 5.15. The number of nitrogens with zero attached hydrogens (tertiary/aromatic N) is 5. The van der Waals surface area contributed by atoms with E-state index >= 15 is 0 Å². The van der Waals surface area contributed by atoms with Gasteiger partial charge in [-0.25, -0.2) is 4.39 Å². The molecule has 1 saturated heterocycles. The quantitative estimate of drug-likeness (QED) is 0.572. The standard InChI is InChI=1S/C22H22FN5O2S/c1-16(29)26-11-13-27(14-12-26)20(30)15-31-22-25-24-21(17-7-9-18(23)10-8-17)28(22)19-5-3-2-4-6-19/h2-10H,11-15H2,1H3. The maximum Gasteiger partial charge on any atom is 0.233 e. The lowest BCUT2D eigenvalue weighted by Gasteiger charge is -2.34. The van der Waals surface area contributed by atoms with E-state index in [0.29, 0.717) is 37.2 Å². The number of hydrogen-bond acceptors (Lipinski definition) is 5. The van der Waals surface area contributed by atoms with Crippen molar-refractivity contribution in [2.24, 2.45) is 0 Å². The molecule has 7 nitrogen and oxygen atoms in total. The molecule has 0 aliphatic carbocycles. The lowest BCUT2D eigenvalue weighted by atomic mass is 10.2. The van der Waals surface area contributed by atoms with Crippen molar-refractivity contribution in [1.82, 2.24) is 24.6 Å². The fraction of sp³-hybridized carbons (Fsp3) is 0.273. The second-order valence-corrected chi connectivity index (χ2v) is 8.10. The zero-order chi connectivity index (χ0) is 21.8. The SMILES string of the molecule is CC(=O)N1CCN(C(=O)CSc2nnc(-c3ccc(F)cc3)n2-c2ccccc2)CC1. The van der Waals surface area contributed by atoms with Crippen LogP contribution in [-0.4, -0.2) is 68.3 Å².